The standard InChI is InChI=1S/C11H8FNO2S/c12-7-1-3-8(4-2-7)16-9-5-10(11(14)15)13-6-9/h1-6,13H,(H,14,15). The van der Waals surface area contributed by atoms with Crippen molar-refractivity contribution < 1.29 is 14.3 Å². The Morgan fingerprint density at radius 2 is 1.94 bits per heavy atom. The molecule has 0 fully saturated rings. The molecule has 1 aromatic carbocycles. The van der Waals surface area contributed by atoms with Gasteiger partial charge in [0.2, 0.25) is 0 Å². The minimum absolute atomic E-state index is 0.143. The van der Waals surface area contributed by atoms with E-state index >= 15 is 0 Å². The van der Waals surface area contributed by atoms with E-state index in [9.17, 15) is 9.18 Å². The summed E-state index contributed by atoms with van der Waals surface area (Å²) in [5, 5.41) is 8.71. The number of aromatic nitrogens is 1. The van der Waals surface area contributed by atoms with Crippen LogP contribution >= 0.6 is 11.8 Å². The number of aromatic amines is 1. The monoisotopic (exact) mass is 237 g/mol. The molecule has 2 N–H and O–H groups in total. The minimum Gasteiger partial charge on any atom is -0.477 e. The van der Waals surface area contributed by atoms with Crippen molar-refractivity contribution in [3.05, 3.63) is 48.0 Å². The fourth-order valence-electron chi connectivity index (χ4n) is 1.20. The maximum atomic E-state index is 12.6. The third kappa shape index (κ3) is 2.43. The van der Waals surface area contributed by atoms with Gasteiger partial charge < -0.3 is 10.1 Å². The molecule has 0 saturated carbocycles. The Bertz CT molecular complexity index is 507. The van der Waals surface area contributed by atoms with Gasteiger partial charge in [-0.05, 0) is 30.3 Å². The third-order valence-corrected chi connectivity index (χ3v) is 2.92. The summed E-state index contributed by atoms with van der Waals surface area (Å²) in [6, 6.07) is 7.57. The lowest BCUT2D eigenvalue weighted by molar-refractivity contribution is 0.0691. The molecule has 1 heterocycles. The molecule has 0 spiro atoms. The van der Waals surface area contributed by atoms with Crippen molar-refractivity contribution in [2.75, 3.05) is 0 Å². The summed E-state index contributed by atoms with van der Waals surface area (Å²) in [6.45, 7) is 0. The van der Waals surface area contributed by atoms with Crippen LogP contribution in [-0.4, -0.2) is 16.1 Å². The molecule has 5 heteroatoms. The number of hydrogen-bond donors (Lipinski definition) is 2. The molecule has 82 valence electrons. The van der Waals surface area contributed by atoms with Gasteiger partial charge in [-0.3, -0.25) is 0 Å². The number of carboxylic acids is 1. The van der Waals surface area contributed by atoms with Crippen LogP contribution in [0.4, 0.5) is 4.39 Å². The van der Waals surface area contributed by atoms with Crippen molar-refractivity contribution in [2.45, 2.75) is 9.79 Å². The number of benzene rings is 1. The fourth-order valence-corrected chi connectivity index (χ4v) is 2.03. The predicted molar refractivity (Wildman–Crippen MR) is 58.3 cm³/mol. The average molecular weight is 237 g/mol. The average Bonchev–Trinajstić information content (AvgIpc) is 2.70. The Kier molecular flexibility index (Phi) is 2.96. The Balaban J connectivity index is 2.14. The first-order valence-electron chi connectivity index (χ1n) is 4.50. The second-order valence-corrected chi connectivity index (χ2v) is 4.26. The van der Waals surface area contributed by atoms with Crippen LogP contribution in [0.15, 0.2) is 46.3 Å². The summed E-state index contributed by atoms with van der Waals surface area (Å²) in [6.07, 6.45) is 1.61. The van der Waals surface area contributed by atoms with Crippen molar-refractivity contribution in [2.24, 2.45) is 0 Å². The van der Waals surface area contributed by atoms with Gasteiger partial charge in [-0.25, -0.2) is 9.18 Å². The van der Waals surface area contributed by atoms with Crippen LogP contribution in [0.3, 0.4) is 0 Å². The number of rotatable bonds is 3. The second kappa shape index (κ2) is 4.40. The van der Waals surface area contributed by atoms with Crippen LogP contribution in [0.2, 0.25) is 0 Å². The highest BCUT2D eigenvalue weighted by Crippen LogP contribution is 2.28. The van der Waals surface area contributed by atoms with Crippen LogP contribution in [0.1, 0.15) is 10.5 Å². The van der Waals surface area contributed by atoms with E-state index in [-0.39, 0.29) is 11.5 Å². The van der Waals surface area contributed by atoms with Gasteiger partial charge in [0.05, 0.1) is 0 Å². The van der Waals surface area contributed by atoms with Gasteiger partial charge in [0.25, 0.3) is 0 Å². The predicted octanol–water partition coefficient (Wildman–Crippen LogP) is 3.00. The molecule has 1 aromatic heterocycles. The lowest BCUT2D eigenvalue weighted by Crippen LogP contribution is -1.94. The number of H-pyrrole nitrogens is 1. The minimum atomic E-state index is -0.994. The molecule has 0 unspecified atom stereocenters. The molecule has 0 radical (unpaired) electrons. The summed E-state index contributed by atoms with van der Waals surface area (Å²) in [5.74, 6) is -1.28. The highest BCUT2D eigenvalue weighted by atomic mass is 32.2. The van der Waals surface area contributed by atoms with E-state index < -0.39 is 5.97 Å². The number of halogens is 1. The van der Waals surface area contributed by atoms with Crippen molar-refractivity contribution in [1.29, 1.82) is 0 Å². The van der Waals surface area contributed by atoms with Crippen molar-refractivity contribution >= 4 is 17.7 Å². The van der Waals surface area contributed by atoms with E-state index in [0.29, 0.717) is 0 Å². The SMILES string of the molecule is O=C(O)c1cc(Sc2ccc(F)cc2)c[nH]1. The zero-order chi connectivity index (χ0) is 11.5. The van der Waals surface area contributed by atoms with Crippen LogP contribution in [0.25, 0.3) is 0 Å². The zero-order valence-electron chi connectivity index (χ0n) is 8.11. The lowest BCUT2D eigenvalue weighted by atomic mass is 10.4. The highest BCUT2D eigenvalue weighted by Gasteiger charge is 2.06. The quantitative estimate of drug-likeness (QED) is 0.862. The topological polar surface area (TPSA) is 53.1 Å². The van der Waals surface area contributed by atoms with Gasteiger partial charge in [-0.15, -0.1) is 0 Å². The van der Waals surface area contributed by atoms with Gasteiger partial charge in [0, 0.05) is 16.0 Å². The zero-order valence-corrected chi connectivity index (χ0v) is 8.92. The summed E-state index contributed by atoms with van der Waals surface area (Å²) < 4.78 is 12.6. The van der Waals surface area contributed by atoms with Gasteiger partial charge in [0.15, 0.2) is 0 Å². The molecule has 0 amide bonds. The van der Waals surface area contributed by atoms with Gasteiger partial charge >= 0.3 is 5.97 Å². The number of aromatic carboxylic acids is 1. The van der Waals surface area contributed by atoms with Crippen LogP contribution < -0.4 is 0 Å². The van der Waals surface area contributed by atoms with E-state index in [4.69, 9.17) is 5.11 Å². The maximum Gasteiger partial charge on any atom is 0.352 e. The highest BCUT2D eigenvalue weighted by molar-refractivity contribution is 7.99. The lowest BCUT2D eigenvalue weighted by Gasteiger charge is -1.97. The van der Waals surface area contributed by atoms with E-state index in [0.717, 1.165) is 9.79 Å². The molecule has 16 heavy (non-hydrogen) atoms. The Labute approximate surface area is 95.3 Å². The molecular formula is C11H8FNO2S. The van der Waals surface area contributed by atoms with Gasteiger partial charge in [-0.1, -0.05) is 11.8 Å². The summed E-state index contributed by atoms with van der Waals surface area (Å²) in [4.78, 5) is 14.9. The summed E-state index contributed by atoms with van der Waals surface area (Å²) in [7, 11) is 0. The molecule has 0 aliphatic carbocycles. The van der Waals surface area contributed by atoms with Crippen molar-refractivity contribution in [3.8, 4) is 0 Å². The largest absolute Gasteiger partial charge is 0.477 e. The summed E-state index contributed by atoms with van der Waals surface area (Å²) >= 11 is 1.37. The Morgan fingerprint density at radius 1 is 1.25 bits per heavy atom. The number of carboxylic acid groups (broad SMARTS) is 1. The third-order valence-electron chi connectivity index (χ3n) is 1.94. The smallest absolute Gasteiger partial charge is 0.352 e. The van der Waals surface area contributed by atoms with Crippen LogP contribution in [0.5, 0.6) is 0 Å². The van der Waals surface area contributed by atoms with Gasteiger partial charge in [0.1, 0.15) is 11.5 Å². The van der Waals surface area contributed by atoms with E-state index in [1.807, 2.05) is 0 Å². The molecule has 2 aromatic rings. The fraction of sp³-hybridized carbons (Fsp3) is 0. The van der Waals surface area contributed by atoms with Crippen molar-refractivity contribution in [1.82, 2.24) is 4.98 Å². The molecule has 0 atom stereocenters. The van der Waals surface area contributed by atoms with Crippen LogP contribution in [-0.2, 0) is 0 Å². The van der Waals surface area contributed by atoms with E-state index in [1.54, 1.807) is 18.3 Å². The molecule has 0 aliphatic heterocycles. The molecular weight excluding hydrogens is 229 g/mol. The molecule has 0 saturated heterocycles. The molecule has 0 bridgehead atoms. The van der Waals surface area contributed by atoms with E-state index in [1.165, 1.54) is 30.0 Å². The molecule has 3 nitrogen and oxygen atoms in total. The molecule has 0 aliphatic rings. The Morgan fingerprint density at radius 3 is 2.50 bits per heavy atom. The van der Waals surface area contributed by atoms with Gasteiger partial charge in [-0.2, -0.15) is 0 Å². The second-order valence-electron chi connectivity index (χ2n) is 3.11. The number of nitrogens with one attached hydrogen (secondary N) is 1. The molecule has 2 rings (SSSR count). The van der Waals surface area contributed by atoms with Crippen LogP contribution in [0, 0.1) is 5.82 Å². The normalized spacial score (nSPS) is 10.3. The number of carbonyl (C=O) groups is 1. The van der Waals surface area contributed by atoms with Crippen molar-refractivity contribution in [3.63, 3.8) is 0 Å². The first-order valence-corrected chi connectivity index (χ1v) is 5.32. The first kappa shape index (κ1) is 10.8. The van der Waals surface area contributed by atoms with E-state index in [2.05, 4.69) is 4.98 Å². The first-order chi connectivity index (χ1) is 7.65. The Hall–Kier alpha value is -1.75. The summed E-state index contributed by atoms with van der Waals surface area (Å²) in [5.41, 5.74) is 0.143. The maximum absolute atomic E-state index is 12.6. The number of hydrogen-bond acceptors (Lipinski definition) is 2.